The molecule has 2 amide bonds. The van der Waals surface area contributed by atoms with E-state index < -0.39 is 5.97 Å². The first kappa shape index (κ1) is 14.0. The van der Waals surface area contributed by atoms with Crippen LogP contribution < -0.4 is 9.64 Å². The Hall–Kier alpha value is -2.43. The molecular weight excluding hydrogens is 306 g/mol. The van der Waals surface area contributed by atoms with Gasteiger partial charge in [-0.3, -0.25) is 14.4 Å². The van der Waals surface area contributed by atoms with Crippen molar-refractivity contribution in [1.82, 2.24) is 0 Å². The van der Waals surface area contributed by atoms with E-state index in [1.54, 1.807) is 24.3 Å². The summed E-state index contributed by atoms with van der Waals surface area (Å²) in [6, 6.07) is 6.75. The zero-order chi connectivity index (χ0) is 16.6. The van der Waals surface area contributed by atoms with Crippen LogP contribution in [0.25, 0.3) is 0 Å². The van der Waals surface area contributed by atoms with Gasteiger partial charge in [0.1, 0.15) is 0 Å². The number of benzene rings is 1. The zero-order valence-corrected chi connectivity index (χ0v) is 13.2. The van der Waals surface area contributed by atoms with E-state index in [-0.39, 0.29) is 41.2 Å². The molecule has 1 aliphatic heterocycles. The quantitative estimate of drug-likeness (QED) is 0.362. The first-order chi connectivity index (χ1) is 11.6. The van der Waals surface area contributed by atoms with Crippen molar-refractivity contribution in [2.75, 3.05) is 4.90 Å². The molecule has 2 saturated carbocycles. The van der Waals surface area contributed by atoms with Gasteiger partial charge in [0.25, 0.3) is 0 Å². The van der Waals surface area contributed by atoms with Crippen LogP contribution in [0.5, 0.6) is 5.75 Å². The van der Waals surface area contributed by atoms with Gasteiger partial charge in [-0.05, 0) is 42.2 Å². The van der Waals surface area contributed by atoms with Gasteiger partial charge < -0.3 is 4.74 Å². The number of ether oxygens (including phenoxy) is 1. The van der Waals surface area contributed by atoms with Crippen LogP contribution in [0.2, 0.25) is 0 Å². The predicted molar refractivity (Wildman–Crippen MR) is 84.9 cm³/mol. The Bertz CT molecular complexity index is 777. The van der Waals surface area contributed by atoms with Gasteiger partial charge in [-0.25, -0.2) is 4.90 Å². The normalized spacial score (nSPS) is 38.1. The SMILES string of the molecule is CC(=O)Oc1ccccc1N1C(=O)[C@@H]2[C@H]3C=C[C@@H]([C@@H]4C[C@H]34)[C@@H]2C1=O. The molecule has 3 fully saturated rings. The molecular formula is C19H17NO4. The number of para-hydroxylation sites is 2. The van der Waals surface area contributed by atoms with Gasteiger partial charge in [0.05, 0.1) is 17.5 Å². The van der Waals surface area contributed by atoms with Crippen LogP contribution in [-0.4, -0.2) is 17.8 Å². The average Bonchev–Trinajstić information content (AvgIpc) is 3.33. The Morgan fingerprint density at radius 1 is 1.04 bits per heavy atom. The summed E-state index contributed by atoms with van der Waals surface area (Å²) >= 11 is 0. The van der Waals surface area contributed by atoms with E-state index in [4.69, 9.17) is 4.74 Å². The van der Waals surface area contributed by atoms with Gasteiger partial charge in [0.2, 0.25) is 11.8 Å². The predicted octanol–water partition coefficient (Wildman–Crippen LogP) is 2.17. The first-order valence-electron chi connectivity index (χ1n) is 8.41. The van der Waals surface area contributed by atoms with Crippen molar-refractivity contribution in [2.45, 2.75) is 13.3 Å². The maximum Gasteiger partial charge on any atom is 0.308 e. The van der Waals surface area contributed by atoms with Crippen LogP contribution in [0.3, 0.4) is 0 Å². The summed E-state index contributed by atoms with van der Waals surface area (Å²) in [5.41, 5.74) is 0.380. The van der Waals surface area contributed by atoms with Gasteiger partial charge >= 0.3 is 5.97 Å². The standard InChI is InChI=1S/C19H17NO4/c1-9(21)24-15-5-3-2-4-14(15)20-18(22)16-10-6-7-11(13-8-12(10)13)17(16)19(20)23/h2-7,10-13,16-17H,8H2,1H3/t10-,11-,12-,13+,16-,17+/m0/s1. The molecule has 5 aliphatic rings. The first-order valence-corrected chi connectivity index (χ1v) is 8.41. The van der Waals surface area contributed by atoms with Crippen molar-refractivity contribution in [2.24, 2.45) is 35.5 Å². The molecule has 1 heterocycles. The minimum Gasteiger partial charge on any atom is -0.424 e. The second kappa shape index (κ2) is 4.56. The van der Waals surface area contributed by atoms with Gasteiger partial charge in [0.15, 0.2) is 5.75 Å². The molecule has 122 valence electrons. The number of anilines is 1. The van der Waals surface area contributed by atoms with Crippen molar-refractivity contribution in [3.05, 3.63) is 36.4 Å². The van der Waals surface area contributed by atoms with E-state index in [1.807, 2.05) is 0 Å². The Balaban J connectivity index is 1.57. The molecule has 1 aromatic rings. The Labute approximate surface area is 139 Å². The number of carbonyl (C=O) groups is 3. The van der Waals surface area contributed by atoms with E-state index in [0.717, 1.165) is 6.42 Å². The number of carbonyl (C=O) groups excluding carboxylic acids is 3. The second-order valence-electron chi connectivity index (χ2n) is 7.23. The highest BCUT2D eigenvalue weighted by atomic mass is 16.5. The van der Waals surface area contributed by atoms with Crippen molar-refractivity contribution < 1.29 is 19.1 Å². The van der Waals surface area contributed by atoms with E-state index >= 15 is 0 Å². The van der Waals surface area contributed by atoms with Crippen molar-refractivity contribution in [3.8, 4) is 5.75 Å². The zero-order valence-electron chi connectivity index (χ0n) is 13.2. The summed E-state index contributed by atoms with van der Waals surface area (Å²) in [5.74, 6) is 0.521. The maximum atomic E-state index is 13.1. The number of hydrogen-bond donors (Lipinski definition) is 0. The molecule has 0 spiro atoms. The van der Waals surface area contributed by atoms with Crippen LogP contribution in [0, 0.1) is 35.5 Å². The highest BCUT2D eigenvalue weighted by Gasteiger charge is 2.67. The fourth-order valence-corrected chi connectivity index (χ4v) is 5.08. The highest BCUT2D eigenvalue weighted by molar-refractivity contribution is 6.23. The summed E-state index contributed by atoms with van der Waals surface area (Å²) in [6.07, 6.45) is 5.43. The summed E-state index contributed by atoms with van der Waals surface area (Å²) in [5, 5.41) is 0. The molecule has 0 aromatic heterocycles. The molecule has 24 heavy (non-hydrogen) atoms. The molecule has 0 N–H and O–H groups in total. The molecule has 6 rings (SSSR count). The third-order valence-electron chi connectivity index (χ3n) is 6.02. The number of nitrogens with zero attached hydrogens (tertiary/aromatic N) is 1. The van der Waals surface area contributed by atoms with Crippen LogP contribution in [0.4, 0.5) is 5.69 Å². The number of allylic oxidation sites excluding steroid dienone is 2. The smallest absolute Gasteiger partial charge is 0.308 e. The van der Waals surface area contributed by atoms with Crippen LogP contribution in [0.1, 0.15) is 13.3 Å². The molecule has 5 heteroatoms. The largest absolute Gasteiger partial charge is 0.424 e. The Morgan fingerprint density at radius 2 is 1.62 bits per heavy atom. The van der Waals surface area contributed by atoms with E-state index in [1.165, 1.54) is 11.8 Å². The fourth-order valence-electron chi connectivity index (χ4n) is 5.08. The summed E-state index contributed by atoms with van der Waals surface area (Å²) < 4.78 is 5.21. The summed E-state index contributed by atoms with van der Waals surface area (Å²) in [4.78, 5) is 38.7. The molecule has 5 nitrogen and oxygen atoms in total. The lowest BCUT2D eigenvalue weighted by Gasteiger charge is -2.37. The van der Waals surface area contributed by atoms with Gasteiger partial charge in [0, 0.05) is 6.92 Å². The van der Waals surface area contributed by atoms with Crippen molar-refractivity contribution in [3.63, 3.8) is 0 Å². The van der Waals surface area contributed by atoms with Crippen LogP contribution in [-0.2, 0) is 14.4 Å². The number of esters is 1. The van der Waals surface area contributed by atoms with Gasteiger partial charge in [-0.15, -0.1) is 0 Å². The molecule has 2 bridgehead atoms. The molecule has 0 radical (unpaired) electrons. The lowest BCUT2D eigenvalue weighted by atomic mass is 9.63. The lowest BCUT2D eigenvalue weighted by Crippen LogP contribution is -2.40. The minimum absolute atomic E-state index is 0.144. The highest BCUT2D eigenvalue weighted by Crippen LogP contribution is 2.65. The Morgan fingerprint density at radius 3 is 2.21 bits per heavy atom. The molecule has 4 aliphatic carbocycles. The average molecular weight is 323 g/mol. The van der Waals surface area contributed by atoms with E-state index in [9.17, 15) is 14.4 Å². The molecule has 6 atom stereocenters. The third kappa shape index (κ3) is 1.67. The number of amides is 2. The minimum atomic E-state index is -0.470. The maximum absolute atomic E-state index is 13.1. The Kier molecular flexibility index (Phi) is 2.65. The topological polar surface area (TPSA) is 63.7 Å². The molecule has 0 unspecified atom stereocenters. The molecule has 1 aromatic carbocycles. The van der Waals surface area contributed by atoms with Crippen molar-refractivity contribution in [1.29, 1.82) is 0 Å². The van der Waals surface area contributed by atoms with Crippen LogP contribution >= 0.6 is 0 Å². The number of imide groups is 1. The van der Waals surface area contributed by atoms with E-state index in [0.29, 0.717) is 17.5 Å². The van der Waals surface area contributed by atoms with Gasteiger partial charge in [-0.1, -0.05) is 24.3 Å². The number of rotatable bonds is 2. The summed E-state index contributed by atoms with van der Waals surface area (Å²) in [7, 11) is 0. The third-order valence-corrected chi connectivity index (χ3v) is 6.02. The second-order valence-corrected chi connectivity index (χ2v) is 7.23. The fraction of sp³-hybridized carbons (Fsp3) is 0.421. The summed E-state index contributed by atoms with van der Waals surface area (Å²) in [6.45, 7) is 1.31. The molecule has 1 saturated heterocycles. The van der Waals surface area contributed by atoms with Crippen molar-refractivity contribution >= 4 is 23.5 Å². The van der Waals surface area contributed by atoms with Gasteiger partial charge in [-0.2, -0.15) is 0 Å². The lowest BCUT2D eigenvalue weighted by molar-refractivity contribution is -0.132. The number of hydrogen-bond acceptors (Lipinski definition) is 4. The van der Waals surface area contributed by atoms with Crippen LogP contribution in [0.15, 0.2) is 36.4 Å². The monoisotopic (exact) mass is 323 g/mol. The van der Waals surface area contributed by atoms with E-state index in [2.05, 4.69) is 12.2 Å².